The number of amides is 1. The normalized spacial score (nSPS) is 18.9. The molecule has 0 aliphatic carbocycles. The van der Waals surface area contributed by atoms with Crippen molar-refractivity contribution < 1.29 is 44.9 Å². The number of ether oxygens (including phenoxy) is 2. The van der Waals surface area contributed by atoms with Crippen LogP contribution in [0, 0.1) is 0 Å². The van der Waals surface area contributed by atoms with E-state index < -0.39 is 61.5 Å². The second-order valence-electron chi connectivity index (χ2n) is 24.8. The number of unbranched alkanes of at least 4 members (excludes halogenated alkanes) is 51. The fourth-order valence-electron chi connectivity index (χ4n) is 11.8. The summed E-state index contributed by atoms with van der Waals surface area (Å²) < 4.78 is 11.3. The van der Waals surface area contributed by atoms with Crippen LogP contribution in [0.4, 0.5) is 0 Å². The number of aliphatic hydroxyl groups is 6. The average molecular weight is 1110 g/mol. The van der Waals surface area contributed by atoms with E-state index in [0.29, 0.717) is 12.8 Å². The lowest BCUT2D eigenvalue weighted by molar-refractivity contribution is -0.302. The molecule has 0 aromatic rings. The first-order chi connectivity index (χ1) is 38.3. The van der Waals surface area contributed by atoms with Crippen molar-refractivity contribution >= 4 is 5.91 Å². The molecule has 1 rings (SSSR count). The number of rotatable bonds is 62. The molecule has 466 valence electrons. The standard InChI is InChI=1S/C68H135NO9/c1-3-5-7-9-11-13-15-17-19-20-21-22-23-24-25-26-27-28-29-30-31-32-33-34-35-36-37-38-39-40-41-43-45-47-49-51-53-55-57-62(72)67(76)69-60(59-77-68-66(75)65(74)64(73)63(58-70)78-68)61(71)56-54-52-50-48-46-44-42-18-16-14-12-10-8-6-4-2/h60-66,68,70-75H,3-59H2,1-2H3,(H,69,76). The van der Waals surface area contributed by atoms with Gasteiger partial charge in [0.15, 0.2) is 6.29 Å². The Hall–Kier alpha value is -0.850. The molecular weight excluding hydrogens is 975 g/mol. The maximum absolute atomic E-state index is 13.2. The first kappa shape index (κ1) is 75.2. The predicted molar refractivity (Wildman–Crippen MR) is 329 cm³/mol. The molecule has 1 aliphatic heterocycles. The number of hydrogen-bond donors (Lipinski definition) is 7. The molecule has 1 saturated heterocycles. The lowest BCUT2D eigenvalue weighted by Gasteiger charge is -2.40. The number of carbonyl (C=O) groups excluding carboxylic acids is 1. The Morgan fingerprint density at radius 1 is 0.385 bits per heavy atom. The van der Waals surface area contributed by atoms with Crippen molar-refractivity contribution in [3.63, 3.8) is 0 Å². The molecule has 10 heteroatoms. The monoisotopic (exact) mass is 1110 g/mol. The van der Waals surface area contributed by atoms with E-state index in [4.69, 9.17) is 9.47 Å². The highest BCUT2D eigenvalue weighted by molar-refractivity contribution is 5.80. The first-order valence-electron chi connectivity index (χ1n) is 34.8. The van der Waals surface area contributed by atoms with Gasteiger partial charge in [0.05, 0.1) is 25.4 Å². The van der Waals surface area contributed by atoms with Gasteiger partial charge in [0.25, 0.3) is 0 Å². The Morgan fingerprint density at radius 3 is 0.910 bits per heavy atom. The van der Waals surface area contributed by atoms with E-state index in [9.17, 15) is 35.4 Å². The van der Waals surface area contributed by atoms with Gasteiger partial charge in [-0.2, -0.15) is 0 Å². The Bertz CT molecular complexity index is 1210. The minimum absolute atomic E-state index is 0.249. The number of carbonyl (C=O) groups is 1. The molecule has 8 atom stereocenters. The summed E-state index contributed by atoms with van der Waals surface area (Å²) >= 11 is 0. The van der Waals surface area contributed by atoms with Gasteiger partial charge in [0.2, 0.25) is 5.91 Å². The molecule has 1 amide bonds. The molecule has 1 fully saturated rings. The Labute approximate surface area is 483 Å². The lowest BCUT2D eigenvalue weighted by Crippen LogP contribution is -2.60. The van der Waals surface area contributed by atoms with Crippen LogP contribution >= 0.6 is 0 Å². The van der Waals surface area contributed by atoms with Gasteiger partial charge in [-0.25, -0.2) is 0 Å². The zero-order valence-corrected chi connectivity index (χ0v) is 51.8. The van der Waals surface area contributed by atoms with Gasteiger partial charge in [0, 0.05) is 0 Å². The topological polar surface area (TPSA) is 169 Å². The summed E-state index contributed by atoms with van der Waals surface area (Å²) in [4.78, 5) is 13.2. The summed E-state index contributed by atoms with van der Waals surface area (Å²) in [6, 6.07) is -0.890. The van der Waals surface area contributed by atoms with E-state index in [1.807, 2.05) is 0 Å². The van der Waals surface area contributed by atoms with Crippen molar-refractivity contribution in [1.82, 2.24) is 5.32 Å². The van der Waals surface area contributed by atoms with Crippen molar-refractivity contribution in [3.05, 3.63) is 0 Å². The van der Waals surface area contributed by atoms with Crippen LogP contribution in [0.5, 0.6) is 0 Å². The third-order valence-corrected chi connectivity index (χ3v) is 17.3. The molecule has 0 bridgehead atoms. The van der Waals surface area contributed by atoms with Crippen LogP contribution in [-0.4, -0.2) is 98.7 Å². The van der Waals surface area contributed by atoms with Gasteiger partial charge in [0.1, 0.15) is 30.5 Å². The smallest absolute Gasteiger partial charge is 0.249 e. The number of nitrogens with one attached hydrogen (secondary N) is 1. The van der Waals surface area contributed by atoms with Crippen LogP contribution in [-0.2, 0) is 14.3 Å². The lowest BCUT2D eigenvalue weighted by atomic mass is 9.99. The molecule has 1 heterocycles. The molecule has 10 nitrogen and oxygen atoms in total. The molecule has 0 aromatic heterocycles. The fourth-order valence-corrected chi connectivity index (χ4v) is 11.8. The summed E-state index contributed by atoms with van der Waals surface area (Å²) in [6.07, 6.45) is 62.3. The van der Waals surface area contributed by atoms with E-state index >= 15 is 0 Å². The van der Waals surface area contributed by atoms with Crippen LogP contribution in [0.15, 0.2) is 0 Å². The molecule has 0 saturated carbocycles. The number of hydrogen-bond acceptors (Lipinski definition) is 9. The molecule has 0 aromatic carbocycles. The summed E-state index contributed by atoms with van der Waals surface area (Å²) in [5.74, 6) is -0.575. The zero-order valence-electron chi connectivity index (χ0n) is 51.8. The predicted octanol–water partition coefficient (Wildman–Crippen LogP) is 17.5. The molecular formula is C68H135NO9. The van der Waals surface area contributed by atoms with Gasteiger partial charge >= 0.3 is 0 Å². The Kier molecular flexibility index (Phi) is 55.8. The third-order valence-electron chi connectivity index (χ3n) is 17.3. The largest absolute Gasteiger partial charge is 0.394 e. The van der Waals surface area contributed by atoms with Gasteiger partial charge in [-0.05, 0) is 12.8 Å². The first-order valence-corrected chi connectivity index (χ1v) is 34.8. The van der Waals surface area contributed by atoms with Crippen LogP contribution in [0.3, 0.4) is 0 Å². The minimum Gasteiger partial charge on any atom is -0.394 e. The van der Waals surface area contributed by atoms with E-state index in [1.165, 1.54) is 302 Å². The van der Waals surface area contributed by atoms with Crippen LogP contribution in [0.25, 0.3) is 0 Å². The zero-order chi connectivity index (χ0) is 56.6. The summed E-state index contributed by atoms with van der Waals surface area (Å²) in [6.45, 7) is 3.73. The highest BCUT2D eigenvalue weighted by atomic mass is 16.7. The summed E-state index contributed by atoms with van der Waals surface area (Å²) in [5.41, 5.74) is 0. The Balaban J connectivity index is 2.04. The van der Waals surface area contributed by atoms with Gasteiger partial charge in [-0.3, -0.25) is 4.79 Å². The van der Waals surface area contributed by atoms with Crippen LogP contribution in [0.1, 0.15) is 367 Å². The van der Waals surface area contributed by atoms with E-state index in [0.717, 1.165) is 38.5 Å². The second-order valence-corrected chi connectivity index (χ2v) is 24.8. The SMILES string of the molecule is CCCCCCCCCCCCCCCCCCCCCCCCCCCCCCCCCCCCCCCCC(O)C(=O)NC(COC1OC(CO)C(O)C(O)C1O)C(O)CCCCCCCCCCCCCCCCC. The molecule has 0 spiro atoms. The van der Waals surface area contributed by atoms with Crippen molar-refractivity contribution in [2.45, 2.75) is 416 Å². The fraction of sp³-hybridized carbons (Fsp3) is 0.985. The van der Waals surface area contributed by atoms with Gasteiger partial charge < -0.3 is 45.4 Å². The van der Waals surface area contributed by atoms with Crippen molar-refractivity contribution in [2.75, 3.05) is 13.2 Å². The molecule has 0 radical (unpaired) electrons. The van der Waals surface area contributed by atoms with Crippen LogP contribution in [0.2, 0.25) is 0 Å². The maximum Gasteiger partial charge on any atom is 0.249 e. The van der Waals surface area contributed by atoms with Crippen molar-refractivity contribution in [1.29, 1.82) is 0 Å². The molecule has 7 N–H and O–H groups in total. The van der Waals surface area contributed by atoms with Gasteiger partial charge in [-0.15, -0.1) is 0 Å². The van der Waals surface area contributed by atoms with E-state index in [-0.39, 0.29) is 6.61 Å². The Morgan fingerprint density at radius 2 is 0.641 bits per heavy atom. The highest BCUT2D eigenvalue weighted by Crippen LogP contribution is 2.24. The summed E-state index contributed by atoms with van der Waals surface area (Å²) in [7, 11) is 0. The maximum atomic E-state index is 13.2. The van der Waals surface area contributed by atoms with E-state index in [2.05, 4.69) is 19.2 Å². The van der Waals surface area contributed by atoms with Gasteiger partial charge in [-0.1, -0.05) is 354 Å². The van der Waals surface area contributed by atoms with Crippen molar-refractivity contribution in [2.24, 2.45) is 0 Å². The minimum atomic E-state index is -1.59. The summed E-state index contributed by atoms with van der Waals surface area (Å²) in [5, 5.41) is 65.4. The average Bonchev–Trinajstić information content (AvgIpc) is 3.44. The van der Waals surface area contributed by atoms with Crippen molar-refractivity contribution in [3.8, 4) is 0 Å². The molecule has 1 aliphatic rings. The number of aliphatic hydroxyl groups excluding tert-OH is 6. The highest BCUT2D eigenvalue weighted by Gasteiger charge is 2.44. The molecule has 78 heavy (non-hydrogen) atoms. The quantitative estimate of drug-likeness (QED) is 0.0293. The van der Waals surface area contributed by atoms with Crippen LogP contribution < -0.4 is 5.32 Å². The van der Waals surface area contributed by atoms with E-state index in [1.54, 1.807) is 0 Å². The second kappa shape index (κ2) is 57.9. The third kappa shape index (κ3) is 45.6. The molecule has 8 unspecified atom stereocenters.